The third-order valence-corrected chi connectivity index (χ3v) is 4.20. The first kappa shape index (κ1) is 13.5. The Morgan fingerprint density at radius 3 is 2.32 bits per heavy atom. The lowest BCUT2D eigenvalue weighted by atomic mass is 10.2. The van der Waals surface area contributed by atoms with Gasteiger partial charge < -0.3 is 0 Å². The number of anilines is 1. The highest BCUT2D eigenvalue weighted by Crippen LogP contribution is 2.16. The van der Waals surface area contributed by atoms with Crippen molar-refractivity contribution in [1.29, 1.82) is 0 Å². The Labute approximate surface area is 113 Å². The van der Waals surface area contributed by atoms with Crippen LogP contribution >= 0.6 is 0 Å². The molecule has 0 aliphatic carbocycles. The van der Waals surface area contributed by atoms with Crippen LogP contribution < -0.4 is 4.72 Å². The van der Waals surface area contributed by atoms with Crippen molar-refractivity contribution in [3.05, 3.63) is 53.9 Å². The average Bonchev–Trinajstić information content (AvgIpc) is 2.41. The van der Waals surface area contributed by atoms with E-state index in [1.165, 1.54) is 6.20 Å². The van der Waals surface area contributed by atoms with Crippen LogP contribution in [0.1, 0.15) is 18.2 Å². The van der Waals surface area contributed by atoms with Gasteiger partial charge in [-0.15, -0.1) is 0 Å². The zero-order valence-corrected chi connectivity index (χ0v) is 11.7. The molecule has 1 aromatic carbocycles. The number of benzene rings is 1. The zero-order chi connectivity index (χ0) is 13.9. The molecule has 1 heterocycles. The molecule has 4 nitrogen and oxygen atoms in total. The Balaban J connectivity index is 2.24. The summed E-state index contributed by atoms with van der Waals surface area (Å²) in [5.74, 6) is 0. The lowest BCUT2D eigenvalue weighted by Crippen LogP contribution is -2.13. The number of hydrogen-bond donors (Lipinski definition) is 1. The van der Waals surface area contributed by atoms with Crippen molar-refractivity contribution in [2.24, 2.45) is 0 Å². The van der Waals surface area contributed by atoms with Crippen LogP contribution in [0, 0.1) is 6.92 Å². The van der Waals surface area contributed by atoms with Crippen LogP contribution in [0.2, 0.25) is 0 Å². The van der Waals surface area contributed by atoms with Crippen LogP contribution in [0.3, 0.4) is 0 Å². The summed E-state index contributed by atoms with van der Waals surface area (Å²) < 4.78 is 26.8. The molecule has 0 spiro atoms. The van der Waals surface area contributed by atoms with Crippen LogP contribution in [0.15, 0.2) is 47.5 Å². The summed E-state index contributed by atoms with van der Waals surface area (Å²) in [5, 5.41) is 0. The second-order valence-electron chi connectivity index (χ2n) is 4.29. The molecular weight excluding hydrogens is 260 g/mol. The maximum atomic E-state index is 12.1. The van der Waals surface area contributed by atoms with Crippen molar-refractivity contribution in [2.75, 3.05) is 4.72 Å². The summed E-state index contributed by atoms with van der Waals surface area (Å²) in [6, 6.07) is 10.3. The molecule has 2 aromatic rings. The fourth-order valence-corrected chi connectivity index (χ4v) is 2.69. The highest BCUT2D eigenvalue weighted by Gasteiger charge is 2.13. The van der Waals surface area contributed by atoms with E-state index in [0.717, 1.165) is 17.7 Å². The van der Waals surface area contributed by atoms with Gasteiger partial charge >= 0.3 is 0 Å². The van der Waals surface area contributed by atoms with E-state index in [9.17, 15) is 8.42 Å². The van der Waals surface area contributed by atoms with Crippen molar-refractivity contribution in [3.63, 3.8) is 0 Å². The minimum Gasteiger partial charge on any atom is -0.278 e. The third kappa shape index (κ3) is 3.32. The van der Waals surface area contributed by atoms with Crippen molar-refractivity contribution in [1.82, 2.24) is 4.98 Å². The van der Waals surface area contributed by atoms with Crippen molar-refractivity contribution >= 4 is 15.7 Å². The Morgan fingerprint density at radius 1 is 1.11 bits per heavy atom. The smallest absolute Gasteiger partial charge is 0.261 e. The highest BCUT2D eigenvalue weighted by molar-refractivity contribution is 7.92. The van der Waals surface area contributed by atoms with Gasteiger partial charge in [-0.1, -0.05) is 19.1 Å². The monoisotopic (exact) mass is 276 g/mol. The topological polar surface area (TPSA) is 59.1 Å². The van der Waals surface area contributed by atoms with E-state index in [-0.39, 0.29) is 4.90 Å². The summed E-state index contributed by atoms with van der Waals surface area (Å²) in [6.07, 6.45) is 2.39. The first-order valence-corrected chi connectivity index (χ1v) is 7.54. The van der Waals surface area contributed by atoms with Crippen LogP contribution in [-0.2, 0) is 16.4 Å². The minimum atomic E-state index is -3.54. The Morgan fingerprint density at radius 2 is 1.79 bits per heavy atom. The van der Waals surface area contributed by atoms with E-state index in [2.05, 4.69) is 9.71 Å². The van der Waals surface area contributed by atoms with Crippen molar-refractivity contribution in [2.45, 2.75) is 25.2 Å². The standard InChI is InChI=1S/C14H16N2O2S/c1-3-12-5-8-14(9-6-12)19(17,18)16-13-7-4-11(2)15-10-13/h4-10,16H,3H2,1-2H3. The van der Waals surface area contributed by atoms with Gasteiger partial charge in [0.25, 0.3) is 10.0 Å². The molecule has 5 heteroatoms. The maximum Gasteiger partial charge on any atom is 0.261 e. The molecule has 0 bridgehead atoms. The highest BCUT2D eigenvalue weighted by atomic mass is 32.2. The predicted octanol–water partition coefficient (Wildman–Crippen LogP) is 2.75. The molecule has 100 valence electrons. The van der Waals surface area contributed by atoms with Gasteiger partial charge in [0.05, 0.1) is 16.8 Å². The number of nitrogens with one attached hydrogen (secondary N) is 1. The molecular formula is C14H16N2O2S. The average molecular weight is 276 g/mol. The van der Waals surface area contributed by atoms with Crippen LogP contribution in [0.4, 0.5) is 5.69 Å². The third-order valence-electron chi connectivity index (χ3n) is 2.81. The lowest BCUT2D eigenvalue weighted by molar-refractivity contribution is 0.601. The van der Waals surface area contributed by atoms with E-state index in [0.29, 0.717) is 5.69 Å². The van der Waals surface area contributed by atoms with Gasteiger partial charge in [-0.3, -0.25) is 9.71 Å². The number of aryl methyl sites for hydroxylation is 2. The first-order valence-electron chi connectivity index (χ1n) is 6.05. The number of nitrogens with zero attached hydrogens (tertiary/aromatic N) is 1. The zero-order valence-electron chi connectivity index (χ0n) is 10.9. The van der Waals surface area contributed by atoms with Crippen LogP contribution in [0.25, 0.3) is 0 Å². The van der Waals surface area contributed by atoms with Crippen molar-refractivity contribution < 1.29 is 8.42 Å². The summed E-state index contributed by atoms with van der Waals surface area (Å²) in [7, 11) is -3.54. The molecule has 0 unspecified atom stereocenters. The molecule has 1 aromatic heterocycles. The van der Waals surface area contributed by atoms with E-state index in [4.69, 9.17) is 0 Å². The minimum absolute atomic E-state index is 0.255. The molecule has 2 rings (SSSR count). The van der Waals surface area contributed by atoms with Gasteiger partial charge in [0.2, 0.25) is 0 Å². The second-order valence-corrected chi connectivity index (χ2v) is 5.97. The number of rotatable bonds is 4. The summed E-state index contributed by atoms with van der Waals surface area (Å²) in [4.78, 5) is 4.31. The Hall–Kier alpha value is -1.88. The van der Waals surface area contributed by atoms with Gasteiger partial charge in [0, 0.05) is 5.69 Å². The van der Waals surface area contributed by atoms with Crippen LogP contribution in [-0.4, -0.2) is 13.4 Å². The second kappa shape index (κ2) is 5.40. The quantitative estimate of drug-likeness (QED) is 0.934. The van der Waals surface area contributed by atoms with Gasteiger partial charge in [-0.25, -0.2) is 8.42 Å². The van der Waals surface area contributed by atoms with Gasteiger partial charge in [-0.05, 0) is 43.2 Å². The molecule has 0 atom stereocenters. The molecule has 0 saturated heterocycles. The maximum absolute atomic E-state index is 12.1. The molecule has 0 saturated carbocycles. The summed E-state index contributed by atoms with van der Waals surface area (Å²) in [6.45, 7) is 3.88. The SMILES string of the molecule is CCc1ccc(S(=O)(=O)Nc2ccc(C)nc2)cc1. The predicted molar refractivity (Wildman–Crippen MR) is 75.6 cm³/mol. The van der Waals surface area contributed by atoms with Gasteiger partial charge in [0.1, 0.15) is 0 Å². The first-order chi connectivity index (χ1) is 9.01. The normalized spacial score (nSPS) is 11.3. The number of hydrogen-bond acceptors (Lipinski definition) is 3. The largest absolute Gasteiger partial charge is 0.278 e. The fourth-order valence-electron chi connectivity index (χ4n) is 1.65. The molecule has 0 aliphatic rings. The Bertz CT molecular complexity index is 647. The molecule has 19 heavy (non-hydrogen) atoms. The van der Waals surface area contributed by atoms with Gasteiger partial charge in [0.15, 0.2) is 0 Å². The number of pyridine rings is 1. The molecule has 0 radical (unpaired) electrons. The summed E-state index contributed by atoms with van der Waals surface area (Å²) >= 11 is 0. The van der Waals surface area contributed by atoms with Gasteiger partial charge in [-0.2, -0.15) is 0 Å². The van der Waals surface area contributed by atoms with Crippen LogP contribution in [0.5, 0.6) is 0 Å². The molecule has 0 amide bonds. The van der Waals surface area contributed by atoms with E-state index in [1.807, 2.05) is 26.0 Å². The molecule has 0 aliphatic heterocycles. The Kier molecular flexibility index (Phi) is 3.85. The lowest BCUT2D eigenvalue weighted by Gasteiger charge is -2.08. The number of sulfonamides is 1. The summed E-state index contributed by atoms with van der Waals surface area (Å²) in [5.41, 5.74) is 2.41. The van der Waals surface area contributed by atoms with Crippen molar-refractivity contribution in [3.8, 4) is 0 Å². The molecule has 1 N–H and O–H groups in total. The van der Waals surface area contributed by atoms with E-state index < -0.39 is 10.0 Å². The van der Waals surface area contributed by atoms with E-state index >= 15 is 0 Å². The fraction of sp³-hybridized carbons (Fsp3) is 0.214. The molecule has 0 fully saturated rings. The number of aromatic nitrogens is 1. The van der Waals surface area contributed by atoms with E-state index in [1.54, 1.807) is 24.3 Å².